The summed E-state index contributed by atoms with van der Waals surface area (Å²) in [5.74, 6) is 2.11. The Bertz CT molecular complexity index is 466. The summed E-state index contributed by atoms with van der Waals surface area (Å²) in [5, 5.41) is 4.20. The molecule has 1 N–H and O–H groups in total. The summed E-state index contributed by atoms with van der Waals surface area (Å²) in [6.07, 6.45) is 6.21. The fourth-order valence-corrected chi connectivity index (χ4v) is 3.60. The van der Waals surface area contributed by atoms with Crippen LogP contribution >= 0.6 is 11.6 Å². The number of nitrogens with one attached hydrogen (secondary N) is 1. The minimum Gasteiger partial charge on any atom is -0.493 e. The summed E-state index contributed by atoms with van der Waals surface area (Å²) in [4.78, 5) is 0. The third-order valence-electron chi connectivity index (χ3n) is 4.38. The molecule has 0 amide bonds. The molecule has 4 heteroatoms. The molecular weight excluding hydrogens is 274 g/mol. The van der Waals surface area contributed by atoms with Crippen LogP contribution in [-0.2, 0) is 0 Å². The van der Waals surface area contributed by atoms with Crippen LogP contribution in [0.1, 0.15) is 43.6 Å². The Hall–Kier alpha value is -0.930. The fraction of sp³-hybridized carbons (Fsp3) is 0.625. The van der Waals surface area contributed by atoms with Crippen molar-refractivity contribution in [3.8, 4) is 11.5 Å². The second-order valence-corrected chi connectivity index (χ2v) is 6.11. The van der Waals surface area contributed by atoms with Crippen LogP contribution in [0.3, 0.4) is 0 Å². The molecule has 1 saturated heterocycles. The Kier molecular flexibility index (Phi) is 4.37. The first kappa shape index (κ1) is 14.0. The van der Waals surface area contributed by atoms with Crippen LogP contribution in [-0.4, -0.2) is 26.3 Å². The summed E-state index contributed by atoms with van der Waals surface area (Å²) >= 11 is 6.46. The molecule has 110 valence electrons. The topological polar surface area (TPSA) is 30.5 Å². The van der Waals surface area contributed by atoms with Crippen LogP contribution in [0, 0.1) is 0 Å². The standard InChI is InChI=1S/C16H22ClNO2/c1-19-14-7-6-13(17)15(11-8-9-18-10-11)16(14)20-12-4-2-3-5-12/h6-7,11-12,18H,2-5,8-10H2,1H3. The van der Waals surface area contributed by atoms with E-state index in [2.05, 4.69) is 5.32 Å². The Balaban J connectivity index is 1.95. The first-order valence-electron chi connectivity index (χ1n) is 7.53. The molecule has 0 radical (unpaired) electrons. The number of rotatable bonds is 4. The maximum atomic E-state index is 6.46. The Morgan fingerprint density at radius 1 is 1.20 bits per heavy atom. The van der Waals surface area contributed by atoms with E-state index in [1.165, 1.54) is 12.8 Å². The van der Waals surface area contributed by atoms with Crippen molar-refractivity contribution in [1.29, 1.82) is 0 Å². The highest BCUT2D eigenvalue weighted by molar-refractivity contribution is 6.31. The number of hydrogen-bond acceptors (Lipinski definition) is 3. The molecule has 0 spiro atoms. The molecule has 20 heavy (non-hydrogen) atoms. The van der Waals surface area contributed by atoms with Gasteiger partial charge in [0.05, 0.1) is 13.2 Å². The Morgan fingerprint density at radius 3 is 2.65 bits per heavy atom. The first-order chi connectivity index (χ1) is 9.79. The average molecular weight is 296 g/mol. The van der Waals surface area contributed by atoms with Gasteiger partial charge in [-0.15, -0.1) is 0 Å². The quantitative estimate of drug-likeness (QED) is 0.918. The molecule has 1 atom stereocenters. The van der Waals surface area contributed by atoms with Gasteiger partial charge in [-0.2, -0.15) is 0 Å². The third-order valence-corrected chi connectivity index (χ3v) is 4.71. The lowest BCUT2D eigenvalue weighted by molar-refractivity contribution is 0.198. The highest BCUT2D eigenvalue weighted by atomic mass is 35.5. The van der Waals surface area contributed by atoms with Gasteiger partial charge in [0.15, 0.2) is 11.5 Å². The van der Waals surface area contributed by atoms with E-state index in [0.717, 1.165) is 54.4 Å². The van der Waals surface area contributed by atoms with E-state index in [1.807, 2.05) is 12.1 Å². The average Bonchev–Trinajstić information content (AvgIpc) is 3.12. The molecule has 2 fully saturated rings. The van der Waals surface area contributed by atoms with Crippen molar-refractivity contribution in [3.05, 3.63) is 22.7 Å². The van der Waals surface area contributed by atoms with Gasteiger partial charge < -0.3 is 14.8 Å². The normalized spacial score (nSPS) is 23.2. The zero-order valence-corrected chi connectivity index (χ0v) is 12.7. The predicted octanol–water partition coefficient (Wildman–Crippen LogP) is 3.75. The van der Waals surface area contributed by atoms with Crippen LogP contribution in [0.15, 0.2) is 12.1 Å². The van der Waals surface area contributed by atoms with Gasteiger partial charge in [-0.3, -0.25) is 0 Å². The second-order valence-electron chi connectivity index (χ2n) is 5.71. The van der Waals surface area contributed by atoms with Crippen LogP contribution < -0.4 is 14.8 Å². The maximum absolute atomic E-state index is 6.46. The number of benzene rings is 1. The van der Waals surface area contributed by atoms with Crippen molar-refractivity contribution < 1.29 is 9.47 Å². The number of hydrogen-bond donors (Lipinski definition) is 1. The summed E-state index contributed by atoms with van der Waals surface area (Å²) in [6, 6.07) is 3.84. The second kappa shape index (κ2) is 6.23. The van der Waals surface area contributed by atoms with Crippen molar-refractivity contribution in [3.63, 3.8) is 0 Å². The molecule has 1 aliphatic heterocycles. The van der Waals surface area contributed by atoms with E-state index >= 15 is 0 Å². The van der Waals surface area contributed by atoms with Gasteiger partial charge in [0.25, 0.3) is 0 Å². The third kappa shape index (κ3) is 2.75. The number of ether oxygens (including phenoxy) is 2. The Morgan fingerprint density at radius 2 is 2.00 bits per heavy atom. The molecule has 1 aromatic rings. The van der Waals surface area contributed by atoms with Gasteiger partial charge in [-0.1, -0.05) is 11.6 Å². The molecule has 3 nitrogen and oxygen atoms in total. The molecule has 1 unspecified atom stereocenters. The van der Waals surface area contributed by atoms with E-state index < -0.39 is 0 Å². The van der Waals surface area contributed by atoms with Gasteiger partial charge in [0.1, 0.15) is 0 Å². The zero-order chi connectivity index (χ0) is 13.9. The molecule has 0 aromatic heterocycles. The molecule has 1 heterocycles. The molecule has 3 rings (SSSR count). The maximum Gasteiger partial charge on any atom is 0.166 e. The monoisotopic (exact) mass is 295 g/mol. The molecule has 0 bridgehead atoms. The largest absolute Gasteiger partial charge is 0.493 e. The minimum atomic E-state index is 0.315. The fourth-order valence-electron chi connectivity index (χ4n) is 3.29. The van der Waals surface area contributed by atoms with E-state index in [9.17, 15) is 0 Å². The lowest BCUT2D eigenvalue weighted by atomic mass is 9.96. The minimum absolute atomic E-state index is 0.315. The van der Waals surface area contributed by atoms with Crippen molar-refractivity contribution in [2.24, 2.45) is 0 Å². The van der Waals surface area contributed by atoms with Crippen LogP contribution in [0.5, 0.6) is 11.5 Å². The van der Waals surface area contributed by atoms with Crippen LogP contribution in [0.4, 0.5) is 0 Å². The lowest BCUT2D eigenvalue weighted by Gasteiger charge is -2.22. The van der Waals surface area contributed by atoms with Crippen molar-refractivity contribution in [2.45, 2.75) is 44.1 Å². The molecule has 1 aromatic carbocycles. The SMILES string of the molecule is COc1ccc(Cl)c(C2CCNC2)c1OC1CCCC1. The lowest BCUT2D eigenvalue weighted by Crippen LogP contribution is -2.15. The first-order valence-corrected chi connectivity index (χ1v) is 7.91. The van der Waals surface area contributed by atoms with Crippen molar-refractivity contribution in [2.75, 3.05) is 20.2 Å². The van der Waals surface area contributed by atoms with E-state index in [-0.39, 0.29) is 0 Å². The van der Waals surface area contributed by atoms with E-state index in [0.29, 0.717) is 12.0 Å². The van der Waals surface area contributed by atoms with Gasteiger partial charge in [-0.25, -0.2) is 0 Å². The molecule has 1 aliphatic carbocycles. The zero-order valence-electron chi connectivity index (χ0n) is 12.0. The van der Waals surface area contributed by atoms with Gasteiger partial charge in [-0.05, 0) is 50.8 Å². The van der Waals surface area contributed by atoms with E-state index in [1.54, 1.807) is 7.11 Å². The summed E-state index contributed by atoms with van der Waals surface area (Å²) < 4.78 is 11.8. The highest BCUT2D eigenvalue weighted by Crippen LogP contribution is 2.43. The van der Waals surface area contributed by atoms with E-state index in [4.69, 9.17) is 21.1 Å². The summed E-state index contributed by atoms with van der Waals surface area (Å²) in [6.45, 7) is 2.01. The summed E-state index contributed by atoms with van der Waals surface area (Å²) in [7, 11) is 1.70. The predicted molar refractivity (Wildman–Crippen MR) is 81.1 cm³/mol. The van der Waals surface area contributed by atoms with Crippen molar-refractivity contribution >= 4 is 11.6 Å². The number of methoxy groups -OCH3 is 1. The van der Waals surface area contributed by atoms with Crippen LogP contribution in [0.25, 0.3) is 0 Å². The molecule has 1 saturated carbocycles. The van der Waals surface area contributed by atoms with Gasteiger partial charge in [0.2, 0.25) is 0 Å². The highest BCUT2D eigenvalue weighted by Gasteiger charge is 2.28. The van der Waals surface area contributed by atoms with Crippen LogP contribution in [0.2, 0.25) is 5.02 Å². The summed E-state index contributed by atoms with van der Waals surface area (Å²) in [5.41, 5.74) is 1.13. The Labute approximate surface area is 125 Å². The van der Waals surface area contributed by atoms with Crippen molar-refractivity contribution in [1.82, 2.24) is 5.32 Å². The molecular formula is C16H22ClNO2. The molecule has 2 aliphatic rings. The smallest absolute Gasteiger partial charge is 0.166 e. The van der Waals surface area contributed by atoms with Gasteiger partial charge in [0, 0.05) is 23.0 Å². The number of halogens is 1. The van der Waals surface area contributed by atoms with Gasteiger partial charge >= 0.3 is 0 Å².